The van der Waals surface area contributed by atoms with Gasteiger partial charge in [-0.05, 0) is 55.2 Å². The molecule has 31 heavy (non-hydrogen) atoms. The van der Waals surface area contributed by atoms with Crippen molar-refractivity contribution in [2.75, 3.05) is 43.9 Å². The van der Waals surface area contributed by atoms with Gasteiger partial charge in [0.1, 0.15) is 11.3 Å². The van der Waals surface area contributed by atoms with E-state index < -0.39 is 0 Å². The third-order valence-electron chi connectivity index (χ3n) is 5.09. The van der Waals surface area contributed by atoms with Crippen molar-refractivity contribution in [2.24, 2.45) is 0 Å². The Morgan fingerprint density at radius 3 is 2.42 bits per heavy atom. The fourth-order valence-corrected chi connectivity index (χ4v) is 5.25. The molecule has 0 spiro atoms. The summed E-state index contributed by atoms with van der Waals surface area (Å²) >= 11 is 9.60. The summed E-state index contributed by atoms with van der Waals surface area (Å²) < 4.78 is 6.29. The number of rotatable bonds is 10. The monoisotopic (exact) mass is 477 g/mol. The van der Waals surface area contributed by atoms with Gasteiger partial charge in [0.05, 0.1) is 16.8 Å². The first-order valence-corrected chi connectivity index (χ1v) is 12.6. The number of thioether (sulfide) groups is 1. The van der Waals surface area contributed by atoms with E-state index in [1.54, 1.807) is 35.9 Å². The van der Waals surface area contributed by atoms with E-state index >= 15 is 0 Å². The van der Waals surface area contributed by atoms with Crippen molar-refractivity contribution in [3.63, 3.8) is 0 Å². The average Bonchev–Trinajstić information content (AvgIpc) is 3.23. The summed E-state index contributed by atoms with van der Waals surface area (Å²) in [6.45, 7) is 9.55. The molecule has 0 aliphatic heterocycles. The molecule has 3 aromatic rings. The Morgan fingerprint density at radius 2 is 1.81 bits per heavy atom. The lowest BCUT2D eigenvalue weighted by molar-refractivity contribution is 0.0983. The second-order valence-corrected chi connectivity index (χ2v) is 9.59. The molecule has 3 rings (SSSR count). The molecule has 0 aliphatic rings. The van der Waals surface area contributed by atoms with Crippen LogP contribution in [0.3, 0.4) is 0 Å². The second-order valence-electron chi connectivity index (χ2n) is 6.86. The van der Waals surface area contributed by atoms with Crippen LogP contribution in [0.25, 0.3) is 10.2 Å². The quantitative estimate of drug-likeness (QED) is 0.332. The Balaban J connectivity index is 1.98. The molecule has 0 saturated carbocycles. The van der Waals surface area contributed by atoms with Gasteiger partial charge in [-0.25, -0.2) is 4.98 Å². The van der Waals surface area contributed by atoms with E-state index in [9.17, 15) is 4.79 Å². The van der Waals surface area contributed by atoms with E-state index in [2.05, 4.69) is 25.7 Å². The van der Waals surface area contributed by atoms with E-state index in [1.807, 2.05) is 24.3 Å². The van der Waals surface area contributed by atoms with E-state index in [0.717, 1.165) is 35.0 Å². The van der Waals surface area contributed by atoms with E-state index in [1.165, 1.54) is 11.3 Å². The van der Waals surface area contributed by atoms with Crippen LogP contribution in [0.4, 0.5) is 5.13 Å². The van der Waals surface area contributed by atoms with Crippen LogP contribution in [-0.4, -0.2) is 54.8 Å². The predicted molar refractivity (Wildman–Crippen MR) is 133 cm³/mol. The number of fused-ring (bicyclic) bond motifs is 1. The number of methoxy groups -OCH3 is 1. The predicted octanol–water partition coefficient (Wildman–Crippen LogP) is 6.06. The number of amides is 1. The minimum atomic E-state index is -0.0608. The van der Waals surface area contributed by atoms with Crippen molar-refractivity contribution < 1.29 is 9.53 Å². The van der Waals surface area contributed by atoms with Gasteiger partial charge in [-0.1, -0.05) is 43.7 Å². The zero-order chi connectivity index (χ0) is 22.4. The Kier molecular flexibility index (Phi) is 8.60. The smallest absolute Gasteiger partial charge is 0.260 e. The number of hydrogen-bond donors (Lipinski definition) is 0. The lowest BCUT2D eigenvalue weighted by atomic mass is 10.2. The molecule has 0 radical (unpaired) electrons. The molecule has 0 bridgehead atoms. The number of ether oxygens (including phenoxy) is 1. The van der Waals surface area contributed by atoms with Gasteiger partial charge in [0.2, 0.25) is 0 Å². The standard InChI is InChI=1S/C23H28ClN3O2S2/c1-5-26(6-2)14-15-27(22(28)16-8-10-17(11-9-16)30-7-3)23-25-20-19(29-4)13-12-18(24)21(20)31-23/h8-13H,5-7,14-15H2,1-4H3. The van der Waals surface area contributed by atoms with Crippen molar-refractivity contribution >= 4 is 56.0 Å². The number of carbonyl (C=O) groups is 1. The number of hydrogen-bond acceptors (Lipinski definition) is 6. The molecule has 1 heterocycles. The van der Waals surface area contributed by atoms with Crippen molar-refractivity contribution in [1.82, 2.24) is 9.88 Å². The summed E-state index contributed by atoms with van der Waals surface area (Å²) in [4.78, 5) is 23.5. The summed E-state index contributed by atoms with van der Waals surface area (Å²) in [5.74, 6) is 1.59. The summed E-state index contributed by atoms with van der Waals surface area (Å²) in [6, 6.07) is 11.4. The maximum Gasteiger partial charge on any atom is 0.260 e. The number of likely N-dealkylation sites (N-methyl/N-ethyl adjacent to an activating group) is 1. The molecule has 0 atom stereocenters. The molecule has 0 fully saturated rings. The number of thiazole rings is 1. The van der Waals surface area contributed by atoms with E-state index in [-0.39, 0.29) is 5.91 Å². The van der Waals surface area contributed by atoms with Crippen LogP contribution >= 0.6 is 34.7 Å². The molecule has 166 valence electrons. The van der Waals surface area contributed by atoms with Crippen molar-refractivity contribution in [2.45, 2.75) is 25.7 Å². The van der Waals surface area contributed by atoms with E-state index in [0.29, 0.717) is 33.5 Å². The molecular formula is C23H28ClN3O2S2. The van der Waals surface area contributed by atoms with Crippen LogP contribution < -0.4 is 9.64 Å². The normalized spacial score (nSPS) is 11.3. The topological polar surface area (TPSA) is 45.7 Å². The minimum Gasteiger partial charge on any atom is -0.494 e. The van der Waals surface area contributed by atoms with Crippen molar-refractivity contribution in [3.8, 4) is 5.75 Å². The Bertz CT molecular complexity index is 1020. The first-order valence-electron chi connectivity index (χ1n) is 10.4. The lowest BCUT2D eigenvalue weighted by Crippen LogP contribution is -2.38. The van der Waals surface area contributed by atoms with Gasteiger partial charge in [0, 0.05) is 23.5 Å². The third kappa shape index (κ3) is 5.52. The first kappa shape index (κ1) is 23.9. The second kappa shape index (κ2) is 11.2. The Hall–Kier alpha value is -1.80. The van der Waals surface area contributed by atoms with Crippen LogP contribution in [0.1, 0.15) is 31.1 Å². The Labute approximate surface area is 197 Å². The Morgan fingerprint density at radius 1 is 1.10 bits per heavy atom. The van der Waals surface area contributed by atoms with Crippen LogP contribution in [-0.2, 0) is 0 Å². The highest BCUT2D eigenvalue weighted by Gasteiger charge is 2.23. The van der Waals surface area contributed by atoms with Gasteiger partial charge in [-0.15, -0.1) is 11.8 Å². The highest BCUT2D eigenvalue weighted by Crippen LogP contribution is 2.39. The lowest BCUT2D eigenvalue weighted by Gasteiger charge is -2.24. The maximum absolute atomic E-state index is 13.5. The van der Waals surface area contributed by atoms with Gasteiger partial charge in [-0.3, -0.25) is 9.69 Å². The number of aromatic nitrogens is 1. The number of benzene rings is 2. The third-order valence-corrected chi connectivity index (χ3v) is 7.52. The summed E-state index contributed by atoms with van der Waals surface area (Å²) in [7, 11) is 1.61. The minimum absolute atomic E-state index is 0.0608. The number of anilines is 1. The van der Waals surface area contributed by atoms with Crippen molar-refractivity contribution in [1.29, 1.82) is 0 Å². The van der Waals surface area contributed by atoms with Crippen LogP contribution in [0, 0.1) is 0 Å². The van der Waals surface area contributed by atoms with Crippen molar-refractivity contribution in [3.05, 3.63) is 47.0 Å². The van der Waals surface area contributed by atoms with Gasteiger partial charge >= 0.3 is 0 Å². The van der Waals surface area contributed by atoms with Gasteiger partial charge in [0.25, 0.3) is 5.91 Å². The zero-order valence-corrected chi connectivity index (χ0v) is 20.7. The van der Waals surface area contributed by atoms with E-state index in [4.69, 9.17) is 21.3 Å². The number of halogens is 1. The zero-order valence-electron chi connectivity index (χ0n) is 18.4. The molecule has 0 N–H and O–H groups in total. The molecule has 0 saturated heterocycles. The molecule has 1 amide bonds. The number of nitrogens with zero attached hydrogens (tertiary/aromatic N) is 3. The first-order chi connectivity index (χ1) is 15.0. The molecular weight excluding hydrogens is 450 g/mol. The molecule has 0 unspecified atom stereocenters. The molecule has 1 aromatic heterocycles. The SMILES string of the molecule is CCSc1ccc(C(=O)N(CCN(CC)CC)c2nc3c(OC)ccc(Cl)c3s2)cc1. The summed E-state index contributed by atoms with van der Waals surface area (Å²) in [5, 5.41) is 1.24. The molecule has 5 nitrogen and oxygen atoms in total. The highest BCUT2D eigenvalue weighted by atomic mass is 35.5. The van der Waals surface area contributed by atoms with Gasteiger partial charge in [-0.2, -0.15) is 0 Å². The number of carbonyl (C=O) groups excluding carboxylic acids is 1. The largest absolute Gasteiger partial charge is 0.494 e. The van der Waals surface area contributed by atoms with Crippen LogP contribution in [0.2, 0.25) is 5.02 Å². The van der Waals surface area contributed by atoms with Gasteiger partial charge in [0.15, 0.2) is 5.13 Å². The fraction of sp³-hybridized carbons (Fsp3) is 0.391. The summed E-state index contributed by atoms with van der Waals surface area (Å²) in [5.41, 5.74) is 1.34. The average molecular weight is 478 g/mol. The molecule has 8 heteroatoms. The fourth-order valence-electron chi connectivity index (χ4n) is 3.30. The molecule has 0 aliphatic carbocycles. The van der Waals surface area contributed by atoms with Gasteiger partial charge < -0.3 is 9.64 Å². The summed E-state index contributed by atoms with van der Waals surface area (Å²) in [6.07, 6.45) is 0. The highest BCUT2D eigenvalue weighted by molar-refractivity contribution is 7.99. The molecule has 2 aromatic carbocycles. The van der Waals surface area contributed by atoms with Crippen LogP contribution in [0.5, 0.6) is 5.75 Å². The van der Waals surface area contributed by atoms with Crippen LogP contribution in [0.15, 0.2) is 41.3 Å². The maximum atomic E-state index is 13.5.